The van der Waals surface area contributed by atoms with Gasteiger partial charge in [0.25, 0.3) is 5.89 Å². The number of nitrogens with zero attached hydrogens (tertiary/aromatic N) is 2. The van der Waals surface area contributed by atoms with Gasteiger partial charge in [-0.25, -0.2) is 0 Å². The number of aryl methyl sites for hydroxylation is 1. The molecule has 4 heteroatoms. The summed E-state index contributed by atoms with van der Waals surface area (Å²) in [5.74, 6) is 1.79. The Bertz CT molecular complexity index is 986. The monoisotopic (exact) mass is 316 g/mol. The van der Waals surface area contributed by atoms with Crippen LogP contribution in [0, 0.1) is 6.92 Å². The van der Waals surface area contributed by atoms with Gasteiger partial charge in [0.2, 0.25) is 5.89 Å². The van der Waals surface area contributed by atoms with Crippen LogP contribution in [0.1, 0.15) is 11.5 Å². The molecule has 0 unspecified atom stereocenters. The van der Waals surface area contributed by atoms with Gasteiger partial charge in [-0.3, -0.25) is 0 Å². The molecule has 0 fully saturated rings. The summed E-state index contributed by atoms with van der Waals surface area (Å²) in [4.78, 5) is 0. The highest BCUT2D eigenvalue weighted by molar-refractivity contribution is 5.88. The van der Waals surface area contributed by atoms with Crippen molar-refractivity contribution in [3.63, 3.8) is 0 Å². The molecule has 24 heavy (non-hydrogen) atoms. The van der Waals surface area contributed by atoms with E-state index < -0.39 is 0 Å². The van der Waals surface area contributed by atoms with Crippen LogP contribution in [0.25, 0.3) is 22.2 Å². The highest BCUT2D eigenvalue weighted by atomic mass is 16.5. The number of aromatic nitrogens is 2. The van der Waals surface area contributed by atoms with Gasteiger partial charge in [0, 0.05) is 10.9 Å². The molecule has 1 heterocycles. The first-order valence-corrected chi connectivity index (χ1v) is 7.80. The lowest BCUT2D eigenvalue weighted by molar-refractivity contribution is 0.267. The first kappa shape index (κ1) is 14.5. The molecule has 4 rings (SSSR count). The SMILES string of the molecule is Cc1ccccc1-c1nnc(COc2cccc3ccccc23)o1. The molecule has 0 spiro atoms. The quantitative estimate of drug-likeness (QED) is 0.544. The fourth-order valence-corrected chi connectivity index (χ4v) is 2.69. The maximum absolute atomic E-state index is 5.89. The zero-order valence-electron chi connectivity index (χ0n) is 13.3. The van der Waals surface area contributed by atoms with Crippen LogP contribution in [0.5, 0.6) is 5.75 Å². The van der Waals surface area contributed by atoms with Gasteiger partial charge in [-0.15, -0.1) is 10.2 Å². The Morgan fingerprint density at radius 3 is 2.58 bits per heavy atom. The molecule has 0 N–H and O–H groups in total. The summed E-state index contributed by atoms with van der Waals surface area (Å²) in [6.07, 6.45) is 0. The maximum atomic E-state index is 5.89. The number of ether oxygens (including phenoxy) is 1. The number of fused-ring (bicyclic) bond motifs is 1. The van der Waals surface area contributed by atoms with Gasteiger partial charge >= 0.3 is 0 Å². The van der Waals surface area contributed by atoms with Gasteiger partial charge in [0.15, 0.2) is 6.61 Å². The van der Waals surface area contributed by atoms with Crippen LogP contribution in [0.2, 0.25) is 0 Å². The lowest BCUT2D eigenvalue weighted by Gasteiger charge is -2.07. The molecular formula is C20H16N2O2. The second kappa shape index (κ2) is 6.16. The maximum Gasteiger partial charge on any atom is 0.254 e. The first-order valence-electron chi connectivity index (χ1n) is 7.80. The van der Waals surface area contributed by atoms with Gasteiger partial charge in [-0.1, -0.05) is 54.6 Å². The van der Waals surface area contributed by atoms with Crippen molar-refractivity contribution in [3.8, 4) is 17.2 Å². The highest BCUT2D eigenvalue weighted by Gasteiger charge is 2.11. The van der Waals surface area contributed by atoms with E-state index in [4.69, 9.17) is 9.15 Å². The second-order valence-corrected chi connectivity index (χ2v) is 5.58. The average Bonchev–Trinajstić information content (AvgIpc) is 3.09. The Morgan fingerprint density at radius 2 is 1.67 bits per heavy atom. The van der Waals surface area contributed by atoms with E-state index in [0.29, 0.717) is 11.8 Å². The third kappa shape index (κ3) is 2.74. The zero-order valence-corrected chi connectivity index (χ0v) is 13.3. The van der Waals surface area contributed by atoms with E-state index in [-0.39, 0.29) is 6.61 Å². The third-order valence-corrected chi connectivity index (χ3v) is 3.94. The Balaban J connectivity index is 1.56. The van der Waals surface area contributed by atoms with Crippen molar-refractivity contribution >= 4 is 10.8 Å². The number of hydrogen-bond donors (Lipinski definition) is 0. The molecular weight excluding hydrogens is 300 g/mol. The molecule has 0 saturated heterocycles. The largest absolute Gasteiger partial charge is 0.483 e. The molecule has 1 aromatic heterocycles. The Morgan fingerprint density at radius 1 is 0.875 bits per heavy atom. The van der Waals surface area contributed by atoms with E-state index >= 15 is 0 Å². The molecule has 118 valence electrons. The molecule has 0 aliphatic rings. The normalized spacial score (nSPS) is 10.9. The summed E-state index contributed by atoms with van der Waals surface area (Å²) in [6.45, 7) is 2.26. The molecule has 0 atom stereocenters. The van der Waals surface area contributed by atoms with Crippen LogP contribution in [0.4, 0.5) is 0 Å². The van der Waals surface area contributed by atoms with Gasteiger partial charge < -0.3 is 9.15 Å². The predicted octanol–water partition coefficient (Wildman–Crippen LogP) is 4.78. The standard InChI is InChI=1S/C20H16N2O2/c1-14-7-2-4-10-16(14)20-22-21-19(24-20)13-23-18-12-6-9-15-8-3-5-11-17(15)18/h2-12H,13H2,1H3. The molecule has 4 nitrogen and oxygen atoms in total. The Hall–Kier alpha value is -3.14. The molecule has 0 amide bonds. The van der Waals surface area contributed by atoms with Crippen LogP contribution in [0.15, 0.2) is 71.1 Å². The van der Waals surface area contributed by atoms with Gasteiger partial charge in [-0.2, -0.15) is 0 Å². The van der Waals surface area contributed by atoms with Gasteiger partial charge in [-0.05, 0) is 30.0 Å². The molecule has 3 aromatic carbocycles. The zero-order chi connectivity index (χ0) is 16.4. The third-order valence-electron chi connectivity index (χ3n) is 3.94. The van der Waals surface area contributed by atoms with Crippen molar-refractivity contribution < 1.29 is 9.15 Å². The summed E-state index contributed by atoms with van der Waals surface area (Å²) in [5.41, 5.74) is 2.05. The van der Waals surface area contributed by atoms with Crippen molar-refractivity contribution in [2.75, 3.05) is 0 Å². The van der Waals surface area contributed by atoms with E-state index in [2.05, 4.69) is 22.3 Å². The summed E-state index contributed by atoms with van der Waals surface area (Å²) in [7, 11) is 0. The topological polar surface area (TPSA) is 48.2 Å². The van der Waals surface area contributed by atoms with Crippen molar-refractivity contribution in [2.45, 2.75) is 13.5 Å². The fraction of sp³-hybridized carbons (Fsp3) is 0.100. The second-order valence-electron chi connectivity index (χ2n) is 5.58. The van der Waals surface area contributed by atoms with E-state index in [0.717, 1.165) is 27.6 Å². The Kier molecular flexibility index (Phi) is 3.71. The highest BCUT2D eigenvalue weighted by Crippen LogP contribution is 2.26. The lowest BCUT2D eigenvalue weighted by atomic mass is 10.1. The Labute approximate surface area is 139 Å². The molecule has 0 aliphatic heterocycles. The summed E-state index contributed by atoms with van der Waals surface area (Å²) >= 11 is 0. The number of benzene rings is 3. The summed E-state index contributed by atoms with van der Waals surface area (Å²) in [5, 5.41) is 10.4. The van der Waals surface area contributed by atoms with E-state index in [1.54, 1.807) is 0 Å². The minimum atomic E-state index is 0.243. The summed E-state index contributed by atoms with van der Waals surface area (Å²) < 4.78 is 11.6. The molecule has 4 aromatic rings. The minimum absolute atomic E-state index is 0.243. The van der Waals surface area contributed by atoms with Crippen LogP contribution in [-0.4, -0.2) is 10.2 Å². The number of hydrogen-bond acceptors (Lipinski definition) is 4. The van der Waals surface area contributed by atoms with Crippen LogP contribution >= 0.6 is 0 Å². The van der Waals surface area contributed by atoms with E-state index in [1.807, 2.05) is 61.5 Å². The molecule has 0 aliphatic carbocycles. The smallest absolute Gasteiger partial charge is 0.254 e. The van der Waals surface area contributed by atoms with Crippen molar-refractivity contribution in [1.82, 2.24) is 10.2 Å². The van der Waals surface area contributed by atoms with Crippen LogP contribution < -0.4 is 4.74 Å². The lowest BCUT2D eigenvalue weighted by Crippen LogP contribution is -1.96. The predicted molar refractivity (Wildman–Crippen MR) is 92.8 cm³/mol. The van der Waals surface area contributed by atoms with E-state index in [1.165, 1.54) is 0 Å². The van der Waals surface area contributed by atoms with Crippen molar-refractivity contribution in [2.24, 2.45) is 0 Å². The van der Waals surface area contributed by atoms with Crippen molar-refractivity contribution in [3.05, 3.63) is 78.2 Å². The first-order chi connectivity index (χ1) is 11.8. The molecule has 0 bridgehead atoms. The van der Waals surface area contributed by atoms with Crippen LogP contribution in [0.3, 0.4) is 0 Å². The number of rotatable bonds is 4. The minimum Gasteiger partial charge on any atom is -0.483 e. The van der Waals surface area contributed by atoms with Gasteiger partial charge in [0.1, 0.15) is 5.75 Å². The average molecular weight is 316 g/mol. The van der Waals surface area contributed by atoms with Gasteiger partial charge in [0.05, 0.1) is 0 Å². The van der Waals surface area contributed by atoms with Crippen LogP contribution in [-0.2, 0) is 6.61 Å². The molecule has 0 saturated carbocycles. The van der Waals surface area contributed by atoms with Crippen molar-refractivity contribution in [1.29, 1.82) is 0 Å². The summed E-state index contributed by atoms with van der Waals surface area (Å²) in [6, 6.07) is 22.0. The fourth-order valence-electron chi connectivity index (χ4n) is 2.69. The molecule has 0 radical (unpaired) electrons. The van der Waals surface area contributed by atoms with E-state index in [9.17, 15) is 0 Å².